The van der Waals surface area contributed by atoms with Gasteiger partial charge in [0.15, 0.2) is 0 Å². The van der Waals surface area contributed by atoms with Crippen molar-refractivity contribution in [3.8, 4) is 17.0 Å². The van der Waals surface area contributed by atoms with Crippen LogP contribution in [0, 0.1) is 0 Å². The van der Waals surface area contributed by atoms with Crippen LogP contribution >= 0.6 is 0 Å². The Morgan fingerprint density at radius 1 is 1.22 bits per heavy atom. The van der Waals surface area contributed by atoms with Crippen molar-refractivity contribution in [3.63, 3.8) is 0 Å². The summed E-state index contributed by atoms with van der Waals surface area (Å²) in [5.41, 5.74) is 8.35. The number of hydrogen-bond acceptors (Lipinski definition) is 3. The summed E-state index contributed by atoms with van der Waals surface area (Å²) in [5.74, 6) is 0.857. The molecule has 2 aromatic rings. The van der Waals surface area contributed by atoms with E-state index in [1.54, 1.807) is 6.33 Å². The third-order valence-electron chi connectivity index (χ3n) is 2.47. The summed E-state index contributed by atoms with van der Waals surface area (Å²) in [4.78, 5) is 7.32. The third-order valence-corrected chi connectivity index (χ3v) is 2.47. The first-order valence-corrected chi connectivity index (χ1v) is 6.01. The molecule has 4 nitrogen and oxygen atoms in total. The number of nitrogens with zero attached hydrogens (tertiary/aromatic N) is 1. The van der Waals surface area contributed by atoms with Crippen molar-refractivity contribution in [3.05, 3.63) is 36.3 Å². The molecule has 0 bridgehead atoms. The Morgan fingerprint density at radius 3 is 2.44 bits per heavy atom. The monoisotopic (exact) mass is 245 g/mol. The van der Waals surface area contributed by atoms with Gasteiger partial charge in [0.25, 0.3) is 0 Å². The van der Waals surface area contributed by atoms with E-state index in [0.717, 1.165) is 22.7 Å². The summed E-state index contributed by atoms with van der Waals surface area (Å²) in [6.45, 7) is 6.54. The molecule has 4 heteroatoms. The highest BCUT2D eigenvalue weighted by atomic mass is 16.5. The van der Waals surface area contributed by atoms with Gasteiger partial charge in [-0.3, -0.25) is 0 Å². The molecular weight excluding hydrogens is 226 g/mol. The predicted molar refractivity (Wildman–Crippen MR) is 72.3 cm³/mol. The number of ether oxygens (including phenoxy) is 1. The molecule has 0 atom stereocenters. The fourth-order valence-electron chi connectivity index (χ4n) is 1.76. The van der Waals surface area contributed by atoms with Gasteiger partial charge in [-0.1, -0.05) is 0 Å². The quantitative estimate of drug-likeness (QED) is 0.873. The lowest BCUT2D eigenvalue weighted by molar-refractivity contribution is 0.131. The van der Waals surface area contributed by atoms with Crippen molar-refractivity contribution >= 4 is 0 Å². The van der Waals surface area contributed by atoms with Crippen LogP contribution in [0.1, 0.15) is 26.5 Å². The Balaban J connectivity index is 2.23. The fraction of sp³-hybridized carbons (Fsp3) is 0.357. The summed E-state index contributed by atoms with van der Waals surface area (Å²) in [7, 11) is 0. The topological polar surface area (TPSA) is 63.9 Å². The highest BCUT2D eigenvalue weighted by Gasteiger charge is 2.12. The number of imidazole rings is 1. The van der Waals surface area contributed by atoms with Gasteiger partial charge in [0.2, 0.25) is 0 Å². The standard InChI is InChI=1S/C14H19N3O/c1-14(2,3)18-11-6-4-10(5-7-11)13-12(8-15)16-9-17-13/h4-7,9H,8,15H2,1-3H3,(H,16,17). The normalized spacial score (nSPS) is 11.6. The summed E-state index contributed by atoms with van der Waals surface area (Å²) >= 11 is 0. The molecule has 0 radical (unpaired) electrons. The number of nitrogens with one attached hydrogen (secondary N) is 1. The molecule has 1 aromatic heterocycles. The molecule has 0 unspecified atom stereocenters. The molecule has 0 saturated heterocycles. The Kier molecular flexibility index (Phi) is 3.39. The van der Waals surface area contributed by atoms with Gasteiger partial charge in [0.05, 0.1) is 17.7 Å². The SMILES string of the molecule is CC(C)(C)Oc1ccc(-c2nc[nH]c2CN)cc1. The third kappa shape index (κ3) is 2.90. The van der Waals surface area contributed by atoms with Crippen LogP contribution in [-0.2, 0) is 6.54 Å². The maximum absolute atomic E-state index is 5.78. The number of H-pyrrole nitrogens is 1. The van der Waals surface area contributed by atoms with Gasteiger partial charge in [0, 0.05) is 12.1 Å². The number of aromatic nitrogens is 2. The fourth-order valence-corrected chi connectivity index (χ4v) is 1.76. The molecule has 0 fully saturated rings. The highest BCUT2D eigenvalue weighted by Crippen LogP contribution is 2.24. The Labute approximate surface area is 107 Å². The second-order valence-electron chi connectivity index (χ2n) is 5.17. The predicted octanol–water partition coefficient (Wildman–Crippen LogP) is 2.71. The van der Waals surface area contributed by atoms with Crippen LogP contribution in [0.3, 0.4) is 0 Å². The zero-order valence-corrected chi connectivity index (χ0v) is 11.0. The Hall–Kier alpha value is -1.81. The van der Waals surface area contributed by atoms with Crippen molar-refractivity contribution in [2.24, 2.45) is 5.73 Å². The Bertz CT molecular complexity index is 509. The van der Waals surface area contributed by atoms with Gasteiger partial charge in [-0.2, -0.15) is 0 Å². The summed E-state index contributed by atoms with van der Waals surface area (Å²) in [6, 6.07) is 7.90. The highest BCUT2D eigenvalue weighted by molar-refractivity contribution is 5.62. The minimum atomic E-state index is -0.184. The molecule has 3 N–H and O–H groups in total. The van der Waals surface area contributed by atoms with Gasteiger partial charge in [0.1, 0.15) is 11.4 Å². The average molecular weight is 245 g/mol. The van der Waals surface area contributed by atoms with E-state index < -0.39 is 0 Å². The summed E-state index contributed by atoms with van der Waals surface area (Å²) in [5, 5.41) is 0. The van der Waals surface area contributed by atoms with Crippen LogP contribution in [0.15, 0.2) is 30.6 Å². The van der Waals surface area contributed by atoms with Crippen molar-refractivity contribution in [1.29, 1.82) is 0 Å². The molecule has 0 aliphatic rings. The number of rotatable bonds is 3. The molecule has 0 amide bonds. The van der Waals surface area contributed by atoms with E-state index in [0.29, 0.717) is 6.54 Å². The van der Waals surface area contributed by atoms with Crippen molar-refractivity contribution < 1.29 is 4.74 Å². The molecule has 0 aliphatic carbocycles. The van der Waals surface area contributed by atoms with E-state index in [-0.39, 0.29) is 5.60 Å². The molecule has 96 valence electrons. The number of hydrogen-bond donors (Lipinski definition) is 2. The molecule has 2 rings (SSSR count). The lowest BCUT2D eigenvalue weighted by Gasteiger charge is -2.21. The van der Waals surface area contributed by atoms with Crippen LogP contribution in [-0.4, -0.2) is 15.6 Å². The number of aromatic amines is 1. The minimum absolute atomic E-state index is 0.184. The van der Waals surface area contributed by atoms with Crippen LogP contribution in [0.25, 0.3) is 11.3 Å². The maximum atomic E-state index is 5.78. The van der Waals surface area contributed by atoms with Gasteiger partial charge < -0.3 is 15.5 Å². The zero-order valence-electron chi connectivity index (χ0n) is 11.0. The second-order valence-corrected chi connectivity index (χ2v) is 5.17. The van der Waals surface area contributed by atoms with Crippen LogP contribution < -0.4 is 10.5 Å². The number of nitrogens with two attached hydrogens (primary N) is 1. The second kappa shape index (κ2) is 4.82. The van der Waals surface area contributed by atoms with Crippen LogP contribution in [0.5, 0.6) is 5.75 Å². The van der Waals surface area contributed by atoms with Crippen LogP contribution in [0.2, 0.25) is 0 Å². The van der Waals surface area contributed by atoms with E-state index in [4.69, 9.17) is 10.5 Å². The average Bonchev–Trinajstić information content (AvgIpc) is 2.76. The first-order chi connectivity index (χ1) is 8.49. The van der Waals surface area contributed by atoms with E-state index in [1.165, 1.54) is 0 Å². The lowest BCUT2D eigenvalue weighted by Crippen LogP contribution is -2.22. The van der Waals surface area contributed by atoms with Crippen molar-refractivity contribution in [2.75, 3.05) is 0 Å². The molecule has 0 aliphatic heterocycles. The van der Waals surface area contributed by atoms with Gasteiger partial charge in [-0.15, -0.1) is 0 Å². The maximum Gasteiger partial charge on any atom is 0.120 e. The van der Waals surface area contributed by atoms with Crippen LogP contribution in [0.4, 0.5) is 0 Å². The largest absolute Gasteiger partial charge is 0.488 e. The number of benzene rings is 1. The smallest absolute Gasteiger partial charge is 0.120 e. The molecule has 18 heavy (non-hydrogen) atoms. The van der Waals surface area contributed by atoms with E-state index in [2.05, 4.69) is 9.97 Å². The summed E-state index contributed by atoms with van der Waals surface area (Å²) < 4.78 is 5.78. The Morgan fingerprint density at radius 2 is 1.89 bits per heavy atom. The van der Waals surface area contributed by atoms with Gasteiger partial charge >= 0.3 is 0 Å². The minimum Gasteiger partial charge on any atom is -0.488 e. The van der Waals surface area contributed by atoms with Gasteiger partial charge in [-0.25, -0.2) is 4.98 Å². The van der Waals surface area contributed by atoms with Crippen molar-refractivity contribution in [1.82, 2.24) is 9.97 Å². The first kappa shape index (κ1) is 12.6. The zero-order chi connectivity index (χ0) is 13.2. The van der Waals surface area contributed by atoms with E-state index in [9.17, 15) is 0 Å². The van der Waals surface area contributed by atoms with E-state index in [1.807, 2.05) is 45.0 Å². The summed E-state index contributed by atoms with van der Waals surface area (Å²) in [6.07, 6.45) is 1.66. The molecule has 1 aromatic carbocycles. The molecule has 0 saturated carbocycles. The van der Waals surface area contributed by atoms with E-state index >= 15 is 0 Å². The lowest BCUT2D eigenvalue weighted by atomic mass is 10.1. The van der Waals surface area contributed by atoms with Crippen molar-refractivity contribution in [2.45, 2.75) is 32.9 Å². The molecular formula is C14H19N3O. The molecule has 1 heterocycles. The molecule has 0 spiro atoms. The van der Waals surface area contributed by atoms with Gasteiger partial charge in [-0.05, 0) is 45.0 Å². The first-order valence-electron chi connectivity index (χ1n) is 6.01.